The normalized spacial score (nSPS) is 11.7. The first kappa shape index (κ1) is 15.2. The van der Waals surface area contributed by atoms with E-state index in [-0.39, 0.29) is 0 Å². The van der Waals surface area contributed by atoms with Gasteiger partial charge in [-0.05, 0) is 19.1 Å². The predicted octanol–water partition coefficient (Wildman–Crippen LogP) is 2.25. The van der Waals surface area contributed by atoms with Crippen molar-refractivity contribution in [3.05, 3.63) is 42.0 Å². The number of methoxy groups -OCH3 is 1. The van der Waals surface area contributed by atoms with Crippen LogP contribution in [0.3, 0.4) is 0 Å². The van der Waals surface area contributed by atoms with Gasteiger partial charge in [0.25, 0.3) is 0 Å². The Balaban J connectivity index is 3.17. The summed E-state index contributed by atoms with van der Waals surface area (Å²) in [6.07, 6.45) is 1.21. The van der Waals surface area contributed by atoms with Gasteiger partial charge < -0.3 is 14.7 Å². The molecule has 0 radical (unpaired) electrons. The molecule has 0 saturated heterocycles. The van der Waals surface area contributed by atoms with Crippen molar-refractivity contribution in [2.45, 2.75) is 13.0 Å². The molecule has 1 atom stereocenters. The number of nitrogens with zero attached hydrogens (tertiary/aromatic N) is 2. The van der Waals surface area contributed by atoms with Crippen LogP contribution in [-0.4, -0.2) is 31.9 Å². The Morgan fingerprint density at radius 1 is 1.58 bits per heavy atom. The van der Waals surface area contributed by atoms with Gasteiger partial charge in [0, 0.05) is 31.5 Å². The van der Waals surface area contributed by atoms with Gasteiger partial charge in [-0.3, -0.25) is 0 Å². The SMILES string of the molecule is C=CCN(CCOC)c1cc(C#N)ccc1[C@@H](C)O. The number of ether oxygens (including phenoxy) is 1. The van der Waals surface area contributed by atoms with Crippen LogP contribution in [0.1, 0.15) is 24.2 Å². The van der Waals surface area contributed by atoms with E-state index in [4.69, 9.17) is 10.00 Å². The number of aliphatic hydroxyl groups excluding tert-OH is 1. The highest BCUT2D eigenvalue weighted by atomic mass is 16.5. The predicted molar refractivity (Wildman–Crippen MR) is 76.1 cm³/mol. The van der Waals surface area contributed by atoms with Crippen molar-refractivity contribution in [2.75, 3.05) is 31.7 Å². The highest BCUT2D eigenvalue weighted by Gasteiger charge is 2.14. The van der Waals surface area contributed by atoms with E-state index in [1.807, 2.05) is 4.90 Å². The van der Waals surface area contributed by atoms with E-state index in [1.54, 1.807) is 38.3 Å². The molecular weight excluding hydrogens is 240 g/mol. The average molecular weight is 260 g/mol. The second-order valence-electron chi connectivity index (χ2n) is 4.29. The zero-order chi connectivity index (χ0) is 14.3. The zero-order valence-corrected chi connectivity index (χ0v) is 11.5. The minimum atomic E-state index is -0.586. The van der Waals surface area contributed by atoms with Crippen molar-refractivity contribution in [1.29, 1.82) is 5.26 Å². The molecule has 1 rings (SSSR count). The van der Waals surface area contributed by atoms with Crippen LogP contribution in [0.2, 0.25) is 0 Å². The average Bonchev–Trinajstić information content (AvgIpc) is 2.42. The summed E-state index contributed by atoms with van der Waals surface area (Å²) in [6.45, 7) is 7.34. The van der Waals surface area contributed by atoms with E-state index in [9.17, 15) is 5.11 Å². The number of hydrogen-bond donors (Lipinski definition) is 1. The van der Waals surface area contributed by atoms with Crippen molar-refractivity contribution >= 4 is 5.69 Å². The lowest BCUT2D eigenvalue weighted by molar-refractivity contribution is 0.197. The van der Waals surface area contributed by atoms with Crippen molar-refractivity contribution in [2.24, 2.45) is 0 Å². The van der Waals surface area contributed by atoms with Crippen molar-refractivity contribution in [3.63, 3.8) is 0 Å². The van der Waals surface area contributed by atoms with Crippen LogP contribution in [0.5, 0.6) is 0 Å². The van der Waals surface area contributed by atoms with Crippen LogP contribution in [-0.2, 0) is 4.74 Å². The molecule has 0 bridgehead atoms. The fourth-order valence-corrected chi connectivity index (χ4v) is 1.91. The number of hydrogen-bond acceptors (Lipinski definition) is 4. The lowest BCUT2D eigenvalue weighted by Gasteiger charge is -2.26. The number of nitriles is 1. The molecule has 0 aromatic heterocycles. The molecule has 102 valence electrons. The second-order valence-corrected chi connectivity index (χ2v) is 4.29. The Labute approximate surface area is 114 Å². The molecule has 1 N–H and O–H groups in total. The van der Waals surface area contributed by atoms with Crippen LogP contribution in [0, 0.1) is 11.3 Å². The molecule has 0 spiro atoms. The van der Waals surface area contributed by atoms with Gasteiger partial charge in [0.05, 0.1) is 24.3 Å². The van der Waals surface area contributed by atoms with Crippen LogP contribution >= 0.6 is 0 Å². The number of benzene rings is 1. The van der Waals surface area contributed by atoms with E-state index in [2.05, 4.69) is 12.6 Å². The molecule has 0 saturated carbocycles. The van der Waals surface area contributed by atoms with E-state index >= 15 is 0 Å². The first-order valence-corrected chi connectivity index (χ1v) is 6.21. The fourth-order valence-electron chi connectivity index (χ4n) is 1.91. The summed E-state index contributed by atoms with van der Waals surface area (Å²) in [7, 11) is 1.65. The van der Waals surface area contributed by atoms with Crippen molar-refractivity contribution in [1.82, 2.24) is 0 Å². The first-order chi connectivity index (χ1) is 9.13. The van der Waals surface area contributed by atoms with E-state index in [0.717, 1.165) is 11.3 Å². The van der Waals surface area contributed by atoms with E-state index in [0.29, 0.717) is 25.3 Å². The molecule has 0 aliphatic rings. The molecule has 4 nitrogen and oxygen atoms in total. The Kier molecular flexibility index (Phi) is 6.07. The van der Waals surface area contributed by atoms with Gasteiger partial charge >= 0.3 is 0 Å². The second kappa shape index (κ2) is 7.57. The van der Waals surface area contributed by atoms with Gasteiger partial charge in [0.1, 0.15) is 0 Å². The number of rotatable bonds is 7. The fraction of sp³-hybridized carbons (Fsp3) is 0.400. The monoisotopic (exact) mass is 260 g/mol. The third-order valence-electron chi connectivity index (χ3n) is 2.87. The van der Waals surface area contributed by atoms with Gasteiger partial charge in [0.15, 0.2) is 0 Å². The Bertz CT molecular complexity index is 464. The van der Waals surface area contributed by atoms with E-state index < -0.39 is 6.10 Å². The summed E-state index contributed by atoms with van der Waals surface area (Å²) in [5.41, 5.74) is 2.23. The summed E-state index contributed by atoms with van der Waals surface area (Å²) >= 11 is 0. The highest BCUT2D eigenvalue weighted by molar-refractivity contribution is 5.58. The zero-order valence-electron chi connectivity index (χ0n) is 11.5. The van der Waals surface area contributed by atoms with Gasteiger partial charge in [-0.1, -0.05) is 12.1 Å². The molecular formula is C15H20N2O2. The van der Waals surface area contributed by atoms with Gasteiger partial charge in [0.2, 0.25) is 0 Å². The Morgan fingerprint density at radius 2 is 2.32 bits per heavy atom. The van der Waals surface area contributed by atoms with Crippen LogP contribution < -0.4 is 4.90 Å². The number of anilines is 1. The highest BCUT2D eigenvalue weighted by Crippen LogP contribution is 2.27. The summed E-state index contributed by atoms with van der Waals surface area (Å²) in [5.74, 6) is 0. The molecule has 0 aliphatic heterocycles. The van der Waals surface area contributed by atoms with Crippen molar-refractivity contribution < 1.29 is 9.84 Å². The molecule has 19 heavy (non-hydrogen) atoms. The molecule has 0 fully saturated rings. The van der Waals surface area contributed by atoms with Crippen LogP contribution in [0.15, 0.2) is 30.9 Å². The molecule has 0 aliphatic carbocycles. The lowest BCUT2D eigenvalue weighted by Crippen LogP contribution is -2.28. The van der Waals surface area contributed by atoms with Crippen molar-refractivity contribution in [3.8, 4) is 6.07 Å². The first-order valence-electron chi connectivity index (χ1n) is 6.21. The molecule has 0 unspecified atom stereocenters. The van der Waals surface area contributed by atoms with Crippen LogP contribution in [0.4, 0.5) is 5.69 Å². The minimum absolute atomic E-state index is 0.573. The summed E-state index contributed by atoms with van der Waals surface area (Å²) in [5, 5.41) is 18.8. The third kappa shape index (κ3) is 4.09. The smallest absolute Gasteiger partial charge is 0.0992 e. The van der Waals surface area contributed by atoms with Gasteiger partial charge in [-0.2, -0.15) is 5.26 Å². The lowest BCUT2D eigenvalue weighted by atomic mass is 10.0. The molecule has 0 heterocycles. The largest absolute Gasteiger partial charge is 0.389 e. The maximum Gasteiger partial charge on any atom is 0.0992 e. The van der Waals surface area contributed by atoms with Crippen LogP contribution in [0.25, 0.3) is 0 Å². The quantitative estimate of drug-likeness (QED) is 0.764. The Morgan fingerprint density at radius 3 is 2.84 bits per heavy atom. The number of aliphatic hydroxyl groups is 1. The topological polar surface area (TPSA) is 56.5 Å². The Hall–Kier alpha value is -1.83. The molecule has 0 amide bonds. The maximum absolute atomic E-state index is 9.84. The summed E-state index contributed by atoms with van der Waals surface area (Å²) < 4.78 is 5.09. The van der Waals surface area contributed by atoms with Gasteiger partial charge in [-0.25, -0.2) is 0 Å². The third-order valence-corrected chi connectivity index (χ3v) is 2.87. The standard InChI is InChI=1S/C15H20N2O2/c1-4-7-17(8-9-19-3)15-10-13(11-16)5-6-14(15)12(2)18/h4-6,10,12,18H,1,7-9H2,2-3H3/t12-/m1/s1. The summed E-state index contributed by atoms with van der Waals surface area (Å²) in [6, 6.07) is 7.42. The van der Waals surface area contributed by atoms with Gasteiger partial charge in [-0.15, -0.1) is 6.58 Å². The molecule has 1 aromatic carbocycles. The maximum atomic E-state index is 9.84. The minimum Gasteiger partial charge on any atom is -0.389 e. The molecule has 1 aromatic rings. The van der Waals surface area contributed by atoms with E-state index in [1.165, 1.54) is 0 Å². The molecule has 4 heteroatoms. The summed E-state index contributed by atoms with van der Waals surface area (Å²) in [4.78, 5) is 2.04.